The van der Waals surface area contributed by atoms with Crippen LogP contribution in [-0.4, -0.2) is 0 Å². The highest BCUT2D eigenvalue weighted by atomic mass is 79.9. The standard InChI is InChI=1S/C44H29Br/c1-43(2)39-24-28(18-20-32(39)33-21-19-29(45)25-40(33)43)30-14-9-17-38-42(30)34-13-6-8-16-37(34)44(38)36-15-7-5-12-31(36)35-22-26-10-3-4-11-27(26)23-41(35)44/h3-25H,1-2H3. The molecule has 10 rings (SSSR count). The van der Waals surface area contributed by atoms with Crippen LogP contribution < -0.4 is 0 Å². The summed E-state index contributed by atoms with van der Waals surface area (Å²) in [6.45, 7) is 4.73. The molecule has 0 nitrogen and oxygen atoms in total. The van der Waals surface area contributed by atoms with E-state index >= 15 is 0 Å². The van der Waals surface area contributed by atoms with Crippen LogP contribution in [0.15, 0.2) is 144 Å². The Morgan fingerprint density at radius 1 is 0.400 bits per heavy atom. The molecular weight excluding hydrogens is 608 g/mol. The topological polar surface area (TPSA) is 0 Å². The Morgan fingerprint density at radius 3 is 1.78 bits per heavy atom. The third kappa shape index (κ3) is 3.12. The largest absolute Gasteiger partial charge is 0.0725 e. The van der Waals surface area contributed by atoms with Crippen LogP contribution >= 0.6 is 15.9 Å². The zero-order valence-corrected chi connectivity index (χ0v) is 26.7. The van der Waals surface area contributed by atoms with Crippen molar-refractivity contribution in [2.45, 2.75) is 24.7 Å². The third-order valence-corrected chi connectivity index (χ3v) is 11.4. The minimum Gasteiger partial charge on any atom is -0.0619 e. The molecule has 1 unspecified atom stereocenters. The van der Waals surface area contributed by atoms with Crippen LogP contribution in [0.3, 0.4) is 0 Å². The molecule has 3 aliphatic carbocycles. The molecule has 0 bridgehead atoms. The number of benzene rings is 7. The highest BCUT2D eigenvalue weighted by Gasteiger charge is 2.52. The van der Waals surface area contributed by atoms with Crippen LogP contribution in [0, 0.1) is 0 Å². The van der Waals surface area contributed by atoms with E-state index in [4.69, 9.17) is 0 Å². The molecule has 45 heavy (non-hydrogen) atoms. The van der Waals surface area contributed by atoms with Gasteiger partial charge in [-0.3, -0.25) is 0 Å². The molecule has 0 amide bonds. The molecule has 0 saturated heterocycles. The summed E-state index contributed by atoms with van der Waals surface area (Å²) in [5, 5.41) is 2.58. The van der Waals surface area contributed by atoms with E-state index in [1.807, 2.05) is 0 Å². The Hall–Kier alpha value is -4.72. The molecule has 0 N–H and O–H groups in total. The predicted octanol–water partition coefficient (Wildman–Crippen LogP) is 11.9. The molecule has 0 heterocycles. The van der Waals surface area contributed by atoms with E-state index in [1.165, 1.54) is 88.7 Å². The highest BCUT2D eigenvalue weighted by Crippen LogP contribution is 2.64. The summed E-state index contributed by atoms with van der Waals surface area (Å²) >= 11 is 3.73. The van der Waals surface area contributed by atoms with Gasteiger partial charge in [-0.2, -0.15) is 0 Å². The maximum absolute atomic E-state index is 3.73. The number of fused-ring (bicyclic) bond motifs is 14. The molecule has 1 spiro atoms. The van der Waals surface area contributed by atoms with Gasteiger partial charge in [-0.1, -0.05) is 139 Å². The van der Waals surface area contributed by atoms with Crippen molar-refractivity contribution < 1.29 is 0 Å². The van der Waals surface area contributed by atoms with E-state index < -0.39 is 0 Å². The third-order valence-electron chi connectivity index (χ3n) is 10.9. The summed E-state index contributed by atoms with van der Waals surface area (Å²) in [7, 11) is 0. The van der Waals surface area contributed by atoms with Gasteiger partial charge in [-0.25, -0.2) is 0 Å². The molecule has 0 aromatic heterocycles. The molecule has 0 saturated carbocycles. The van der Waals surface area contributed by atoms with Crippen molar-refractivity contribution in [3.8, 4) is 44.5 Å². The fourth-order valence-electron chi connectivity index (χ4n) is 8.99. The van der Waals surface area contributed by atoms with E-state index in [0.717, 1.165) is 4.47 Å². The van der Waals surface area contributed by atoms with Crippen molar-refractivity contribution in [1.29, 1.82) is 0 Å². The Balaban J connectivity index is 1.27. The van der Waals surface area contributed by atoms with Crippen LogP contribution in [-0.2, 0) is 10.8 Å². The van der Waals surface area contributed by atoms with Gasteiger partial charge >= 0.3 is 0 Å². The fraction of sp³-hybridized carbons (Fsp3) is 0.0909. The van der Waals surface area contributed by atoms with E-state index in [0.29, 0.717) is 0 Å². The Morgan fingerprint density at radius 2 is 0.978 bits per heavy atom. The summed E-state index contributed by atoms with van der Waals surface area (Å²) in [5.41, 5.74) is 18.6. The first kappa shape index (κ1) is 25.6. The second-order valence-corrected chi connectivity index (χ2v) is 14.3. The first-order valence-corrected chi connectivity index (χ1v) is 16.6. The van der Waals surface area contributed by atoms with Crippen LogP contribution in [0.4, 0.5) is 0 Å². The molecule has 1 atom stereocenters. The molecule has 3 aliphatic rings. The van der Waals surface area contributed by atoms with E-state index in [1.54, 1.807) is 0 Å². The average Bonchev–Trinajstić information content (AvgIpc) is 3.62. The molecule has 7 aromatic carbocycles. The second-order valence-electron chi connectivity index (χ2n) is 13.4. The highest BCUT2D eigenvalue weighted by molar-refractivity contribution is 9.10. The number of hydrogen-bond acceptors (Lipinski definition) is 0. The van der Waals surface area contributed by atoms with Gasteiger partial charge in [0, 0.05) is 9.89 Å². The van der Waals surface area contributed by atoms with Gasteiger partial charge in [0.25, 0.3) is 0 Å². The second kappa shape index (κ2) is 8.71. The fourth-order valence-corrected chi connectivity index (χ4v) is 9.35. The molecule has 0 aliphatic heterocycles. The lowest BCUT2D eigenvalue weighted by molar-refractivity contribution is 0.660. The van der Waals surface area contributed by atoms with Gasteiger partial charge in [-0.15, -0.1) is 0 Å². The minimum absolute atomic E-state index is 0.0775. The lowest BCUT2D eigenvalue weighted by atomic mass is 9.70. The molecule has 7 aromatic rings. The lowest BCUT2D eigenvalue weighted by Crippen LogP contribution is -2.25. The summed E-state index contributed by atoms with van der Waals surface area (Å²) in [5.74, 6) is 0. The minimum atomic E-state index is -0.365. The van der Waals surface area contributed by atoms with Gasteiger partial charge in [0.1, 0.15) is 0 Å². The average molecular weight is 638 g/mol. The zero-order valence-electron chi connectivity index (χ0n) is 25.2. The van der Waals surface area contributed by atoms with Crippen LogP contribution in [0.1, 0.15) is 47.2 Å². The summed E-state index contributed by atoms with van der Waals surface area (Å²) in [6, 6.07) is 52.9. The molecular formula is C44H29Br. The van der Waals surface area contributed by atoms with Gasteiger partial charge < -0.3 is 0 Å². The van der Waals surface area contributed by atoms with Gasteiger partial charge in [0.15, 0.2) is 0 Å². The monoisotopic (exact) mass is 636 g/mol. The maximum Gasteiger partial charge on any atom is 0.0725 e. The SMILES string of the molecule is CC1(C)c2cc(Br)ccc2-c2ccc(-c3cccc4c3-c3ccccc3C43c4ccccc4-c4cc5ccccc5cc43)cc21. The van der Waals surface area contributed by atoms with Crippen molar-refractivity contribution in [3.63, 3.8) is 0 Å². The molecule has 212 valence electrons. The van der Waals surface area contributed by atoms with Crippen LogP contribution in [0.2, 0.25) is 0 Å². The quantitative estimate of drug-likeness (QED) is 0.168. The first-order valence-electron chi connectivity index (χ1n) is 15.8. The Labute approximate surface area is 272 Å². The van der Waals surface area contributed by atoms with E-state index in [9.17, 15) is 0 Å². The van der Waals surface area contributed by atoms with E-state index in [-0.39, 0.29) is 10.8 Å². The summed E-state index contributed by atoms with van der Waals surface area (Å²) in [4.78, 5) is 0. The number of rotatable bonds is 1. The normalized spacial score (nSPS) is 17.5. The van der Waals surface area contributed by atoms with Crippen LogP contribution in [0.25, 0.3) is 55.3 Å². The summed E-state index contributed by atoms with van der Waals surface area (Å²) in [6.07, 6.45) is 0. The van der Waals surface area contributed by atoms with Crippen molar-refractivity contribution in [3.05, 3.63) is 177 Å². The smallest absolute Gasteiger partial charge is 0.0619 e. The Kier molecular flexibility index (Phi) is 4.95. The summed E-state index contributed by atoms with van der Waals surface area (Å²) < 4.78 is 1.13. The van der Waals surface area contributed by atoms with E-state index in [2.05, 4.69) is 169 Å². The molecule has 0 fully saturated rings. The van der Waals surface area contributed by atoms with Gasteiger partial charge in [0.2, 0.25) is 0 Å². The number of hydrogen-bond donors (Lipinski definition) is 0. The zero-order chi connectivity index (χ0) is 30.1. The van der Waals surface area contributed by atoms with Crippen molar-refractivity contribution in [2.75, 3.05) is 0 Å². The lowest BCUT2D eigenvalue weighted by Gasteiger charge is -2.30. The molecule has 1 heteroatoms. The van der Waals surface area contributed by atoms with Crippen molar-refractivity contribution >= 4 is 26.7 Å². The number of halogens is 1. The van der Waals surface area contributed by atoms with Gasteiger partial charge in [-0.05, 0) is 119 Å². The van der Waals surface area contributed by atoms with Gasteiger partial charge in [0.05, 0.1) is 5.41 Å². The predicted molar refractivity (Wildman–Crippen MR) is 191 cm³/mol. The Bertz CT molecular complexity index is 2430. The first-order chi connectivity index (χ1) is 22.0. The molecule has 0 radical (unpaired) electrons. The van der Waals surface area contributed by atoms with Crippen molar-refractivity contribution in [1.82, 2.24) is 0 Å². The maximum atomic E-state index is 3.73. The van der Waals surface area contributed by atoms with Crippen LogP contribution in [0.5, 0.6) is 0 Å². The van der Waals surface area contributed by atoms with Crippen molar-refractivity contribution in [2.24, 2.45) is 0 Å².